The van der Waals surface area contributed by atoms with Crippen LogP contribution in [0.1, 0.15) is 20.3 Å². The van der Waals surface area contributed by atoms with E-state index in [2.05, 4.69) is 34.6 Å². The number of imidazole rings is 1. The van der Waals surface area contributed by atoms with Crippen LogP contribution in [0, 0.1) is 5.92 Å². The maximum Gasteiger partial charge on any atom is 0.180 e. The predicted octanol–water partition coefficient (Wildman–Crippen LogP) is 1.47. The predicted molar refractivity (Wildman–Crippen MR) is 68.7 cm³/mol. The first-order chi connectivity index (χ1) is 8.20. The molecule has 0 amide bonds. The molecule has 6 nitrogen and oxygen atoms in total. The fraction of sp³-hybridized carbons (Fsp3) is 0.455. The van der Waals surface area contributed by atoms with E-state index in [0.29, 0.717) is 11.7 Å². The van der Waals surface area contributed by atoms with Crippen molar-refractivity contribution in [2.45, 2.75) is 20.3 Å². The van der Waals surface area contributed by atoms with Gasteiger partial charge in [0.2, 0.25) is 0 Å². The van der Waals surface area contributed by atoms with Crippen molar-refractivity contribution >= 4 is 17.3 Å². The zero-order chi connectivity index (χ0) is 12.3. The van der Waals surface area contributed by atoms with Gasteiger partial charge in [-0.2, -0.15) is 0 Å². The Balaban J connectivity index is 2.21. The number of anilines is 2. The van der Waals surface area contributed by atoms with Crippen LogP contribution < -0.4 is 16.6 Å². The van der Waals surface area contributed by atoms with Crippen LogP contribution >= 0.6 is 0 Å². The van der Waals surface area contributed by atoms with Gasteiger partial charge in [-0.3, -0.25) is 0 Å². The molecule has 17 heavy (non-hydrogen) atoms. The summed E-state index contributed by atoms with van der Waals surface area (Å²) in [5, 5.41) is 3.29. The molecular weight excluding hydrogens is 216 g/mol. The summed E-state index contributed by atoms with van der Waals surface area (Å²) in [5.74, 6) is 7.41. The Morgan fingerprint density at radius 2 is 2.29 bits per heavy atom. The summed E-state index contributed by atoms with van der Waals surface area (Å²) < 4.78 is 1.89. The molecule has 0 saturated heterocycles. The second kappa shape index (κ2) is 5.01. The van der Waals surface area contributed by atoms with E-state index in [9.17, 15) is 0 Å². The van der Waals surface area contributed by atoms with Crippen molar-refractivity contribution in [1.82, 2.24) is 14.4 Å². The Labute approximate surface area is 100 Å². The highest BCUT2D eigenvalue weighted by atomic mass is 15.3. The van der Waals surface area contributed by atoms with Gasteiger partial charge in [-0.05, 0) is 12.3 Å². The smallest absolute Gasteiger partial charge is 0.180 e. The van der Waals surface area contributed by atoms with Crippen molar-refractivity contribution in [1.29, 1.82) is 0 Å². The highest BCUT2D eigenvalue weighted by Crippen LogP contribution is 2.16. The van der Waals surface area contributed by atoms with E-state index in [4.69, 9.17) is 5.84 Å². The molecule has 0 bridgehead atoms. The van der Waals surface area contributed by atoms with Gasteiger partial charge in [-0.25, -0.2) is 15.8 Å². The number of nitrogens with two attached hydrogens (primary N) is 1. The van der Waals surface area contributed by atoms with E-state index in [-0.39, 0.29) is 0 Å². The molecule has 6 heteroatoms. The normalized spacial score (nSPS) is 11.1. The molecule has 0 spiro atoms. The largest absolute Gasteiger partial charge is 0.367 e. The summed E-state index contributed by atoms with van der Waals surface area (Å²) in [5.41, 5.74) is 3.36. The van der Waals surface area contributed by atoms with Gasteiger partial charge in [0.1, 0.15) is 0 Å². The summed E-state index contributed by atoms with van der Waals surface area (Å²) in [6.45, 7) is 5.26. The number of nitrogens with zero attached hydrogens (tertiary/aromatic N) is 3. The topological polar surface area (TPSA) is 80.3 Å². The molecule has 2 heterocycles. The average molecular weight is 234 g/mol. The molecule has 0 aliphatic carbocycles. The maximum atomic E-state index is 5.38. The molecule has 0 saturated carbocycles. The van der Waals surface area contributed by atoms with Crippen molar-refractivity contribution in [2.24, 2.45) is 11.8 Å². The van der Waals surface area contributed by atoms with Gasteiger partial charge in [-0.15, -0.1) is 0 Å². The van der Waals surface area contributed by atoms with Gasteiger partial charge in [-0.1, -0.05) is 13.8 Å². The molecule has 0 radical (unpaired) electrons. The van der Waals surface area contributed by atoms with Crippen molar-refractivity contribution in [3.63, 3.8) is 0 Å². The number of nitrogens with one attached hydrogen (secondary N) is 2. The van der Waals surface area contributed by atoms with Crippen LogP contribution in [0.3, 0.4) is 0 Å². The van der Waals surface area contributed by atoms with Crippen molar-refractivity contribution in [3.8, 4) is 0 Å². The van der Waals surface area contributed by atoms with Crippen LogP contribution in [0.2, 0.25) is 0 Å². The van der Waals surface area contributed by atoms with Crippen LogP contribution in [0.25, 0.3) is 5.65 Å². The van der Waals surface area contributed by atoms with Gasteiger partial charge < -0.3 is 15.1 Å². The van der Waals surface area contributed by atoms with Crippen LogP contribution in [-0.2, 0) is 0 Å². The summed E-state index contributed by atoms with van der Waals surface area (Å²) in [4.78, 5) is 8.62. The minimum Gasteiger partial charge on any atom is -0.367 e. The summed E-state index contributed by atoms with van der Waals surface area (Å²) >= 11 is 0. The molecule has 0 aromatic carbocycles. The standard InChI is InChI=1S/C11H18N6/c1-8(2)3-4-13-10-11-14-5-6-17(11)7-9(15-10)16-12/h5-8,16H,3-4,12H2,1-2H3,(H,13,15). The molecular formula is C11H18N6. The minimum absolute atomic E-state index is 0.613. The first kappa shape index (κ1) is 11.7. The Morgan fingerprint density at radius 1 is 1.47 bits per heavy atom. The molecule has 0 aliphatic heterocycles. The van der Waals surface area contributed by atoms with Crippen LogP contribution in [0.4, 0.5) is 11.6 Å². The maximum absolute atomic E-state index is 5.38. The number of hydrogen-bond donors (Lipinski definition) is 3. The van der Waals surface area contributed by atoms with Gasteiger partial charge in [0.05, 0.1) is 6.20 Å². The van der Waals surface area contributed by atoms with E-state index >= 15 is 0 Å². The highest BCUT2D eigenvalue weighted by Gasteiger charge is 2.06. The van der Waals surface area contributed by atoms with Crippen LogP contribution in [0.15, 0.2) is 18.6 Å². The van der Waals surface area contributed by atoms with E-state index in [1.165, 1.54) is 0 Å². The number of rotatable bonds is 5. The Hall–Kier alpha value is -1.82. The monoisotopic (exact) mass is 234 g/mol. The Kier molecular flexibility index (Phi) is 3.43. The second-order valence-electron chi connectivity index (χ2n) is 4.39. The molecule has 0 fully saturated rings. The highest BCUT2D eigenvalue weighted by molar-refractivity contribution is 5.65. The minimum atomic E-state index is 0.613. The lowest BCUT2D eigenvalue weighted by Crippen LogP contribution is -2.13. The third-order valence-corrected chi connectivity index (χ3v) is 2.54. The van der Waals surface area contributed by atoms with E-state index in [1.54, 1.807) is 12.4 Å². The van der Waals surface area contributed by atoms with Gasteiger partial charge in [0.15, 0.2) is 17.3 Å². The molecule has 2 aromatic rings. The number of nitrogen functional groups attached to an aromatic ring is 1. The summed E-state index contributed by atoms with van der Waals surface area (Å²) in [7, 11) is 0. The molecule has 0 atom stereocenters. The fourth-order valence-corrected chi connectivity index (χ4v) is 1.60. The van der Waals surface area contributed by atoms with Gasteiger partial charge in [0, 0.05) is 18.9 Å². The first-order valence-electron chi connectivity index (χ1n) is 5.75. The zero-order valence-corrected chi connectivity index (χ0v) is 10.1. The van der Waals surface area contributed by atoms with E-state index in [0.717, 1.165) is 24.4 Å². The third kappa shape index (κ3) is 2.65. The summed E-state index contributed by atoms with van der Waals surface area (Å²) in [6, 6.07) is 0. The molecule has 4 N–H and O–H groups in total. The molecule has 92 valence electrons. The number of hydrogen-bond acceptors (Lipinski definition) is 5. The first-order valence-corrected chi connectivity index (χ1v) is 5.75. The summed E-state index contributed by atoms with van der Waals surface area (Å²) in [6.07, 6.45) is 6.50. The van der Waals surface area contributed by atoms with Crippen molar-refractivity contribution < 1.29 is 0 Å². The fourth-order valence-electron chi connectivity index (χ4n) is 1.60. The van der Waals surface area contributed by atoms with Crippen LogP contribution in [0.5, 0.6) is 0 Å². The Bertz CT molecular complexity index is 490. The lowest BCUT2D eigenvalue weighted by molar-refractivity contribution is 0.606. The second-order valence-corrected chi connectivity index (χ2v) is 4.39. The molecule has 2 aromatic heterocycles. The van der Waals surface area contributed by atoms with Crippen LogP contribution in [-0.4, -0.2) is 20.9 Å². The average Bonchev–Trinajstić information content (AvgIpc) is 2.76. The van der Waals surface area contributed by atoms with Crippen molar-refractivity contribution in [3.05, 3.63) is 18.6 Å². The number of aromatic nitrogens is 3. The van der Waals surface area contributed by atoms with E-state index in [1.807, 2.05) is 10.6 Å². The third-order valence-electron chi connectivity index (χ3n) is 2.54. The lowest BCUT2D eigenvalue weighted by Gasteiger charge is -2.10. The van der Waals surface area contributed by atoms with Gasteiger partial charge in [0.25, 0.3) is 0 Å². The molecule has 2 rings (SSSR count). The van der Waals surface area contributed by atoms with E-state index < -0.39 is 0 Å². The number of hydrazine groups is 1. The van der Waals surface area contributed by atoms with Gasteiger partial charge >= 0.3 is 0 Å². The quantitative estimate of drug-likeness (QED) is 0.539. The molecule has 0 aliphatic rings. The molecule has 0 unspecified atom stereocenters. The Morgan fingerprint density at radius 3 is 3.00 bits per heavy atom. The van der Waals surface area contributed by atoms with Crippen molar-refractivity contribution in [2.75, 3.05) is 17.3 Å². The zero-order valence-electron chi connectivity index (χ0n) is 10.1. The lowest BCUT2D eigenvalue weighted by atomic mass is 10.1. The SMILES string of the molecule is CC(C)CCNc1nc(NN)cn2ccnc12. The number of fused-ring (bicyclic) bond motifs is 1.